The van der Waals surface area contributed by atoms with Crippen LogP contribution in [-0.4, -0.2) is 30.8 Å². The van der Waals surface area contributed by atoms with Gasteiger partial charge in [0.1, 0.15) is 11.2 Å². The Balaban J connectivity index is 1.45. The van der Waals surface area contributed by atoms with Crippen molar-refractivity contribution in [1.82, 2.24) is 24.9 Å². The van der Waals surface area contributed by atoms with Crippen LogP contribution >= 0.6 is 11.3 Å². The van der Waals surface area contributed by atoms with E-state index in [2.05, 4.69) is 30.2 Å². The second-order valence-electron chi connectivity index (χ2n) is 6.02. The molecular formula is C18H11FN6O2S. The fraction of sp³-hybridized carbons (Fsp3) is 0. The first-order valence-electron chi connectivity index (χ1n) is 8.20. The average molecular weight is 394 g/mol. The number of nitrogens with one attached hydrogen (secondary N) is 4. The van der Waals surface area contributed by atoms with Crippen LogP contribution in [0.25, 0.3) is 33.3 Å². The predicted octanol–water partition coefficient (Wildman–Crippen LogP) is 3.25. The third-order valence-corrected chi connectivity index (χ3v) is 5.08. The molecule has 1 amide bonds. The van der Waals surface area contributed by atoms with Crippen LogP contribution in [0.5, 0.6) is 0 Å². The van der Waals surface area contributed by atoms with Crippen molar-refractivity contribution in [2.24, 2.45) is 0 Å². The number of rotatable bonds is 3. The summed E-state index contributed by atoms with van der Waals surface area (Å²) in [6.45, 7) is 0. The maximum absolute atomic E-state index is 14.6. The average Bonchev–Trinajstić information content (AvgIpc) is 3.39. The molecule has 4 heterocycles. The lowest BCUT2D eigenvalue weighted by Gasteiger charge is -2.03. The first kappa shape index (κ1) is 16.4. The van der Waals surface area contributed by atoms with Gasteiger partial charge in [-0.15, -0.1) is 11.3 Å². The van der Waals surface area contributed by atoms with Gasteiger partial charge in [0, 0.05) is 28.7 Å². The molecule has 4 aromatic heterocycles. The molecule has 1 aromatic carbocycles. The highest BCUT2D eigenvalue weighted by molar-refractivity contribution is 7.14. The normalized spacial score (nSPS) is 11.3. The number of thiazole rings is 1. The molecule has 10 heteroatoms. The summed E-state index contributed by atoms with van der Waals surface area (Å²) in [4.78, 5) is 40.3. The lowest BCUT2D eigenvalue weighted by Crippen LogP contribution is -2.13. The zero-order chi connectivity index (χ0) is 19.3. The number of pyridine rings is 1. The summed E-state index contributed by atoms with van der Waals surface area (Å²) >= 11 is 1.23. The van der Waals surface area contributed by atoms with Crippen molar-refractivity contribution in [3.8, 4) is 11.3 Å². The Morgan fingerprint density at radius 1 is 1.21 bits per heavy atom. The van der Waals surface area contributed by atoms with Crippen LogP contribution in [0.1, 0.15) is 10.4 Å². The molecule has 0 bridgehead atoms. The molecule has 0 atom stereocenters. The van der Waals surface area contributed by atoms with Crippen LogP contribution in [-0.2, 0) is 0 Å². The quantitative estimate of drug-likeness (QED) is 0.375. The highest BCUT2D eigenvalue weighted by Gasteiger charge is 2.18. The summed E-state index contributed by atoms with van der Waals surface area (Å²) in [6.07, 6.45) is 3.49. The van der Waals surface area contributed by atoms with E-state index in [0.717, 1.165) is 16.6 Å². The fourth-order valence-corrected chi connectivity index (χ4v) is 3.74. The number of hydrogen-bond acceptors (Lipinski definition) is 5. The van der Waals surface area contributed by atoms with Gasteiger partial charge < -0.3 is 15.0 Å². The monoisotopic (exact) mass is 394 g/mol. The molecule has 0 aliphatic rings. The lowest BCUT2D eigenvalue weighted by molar-refractivity contribution is 0.102. The first-order valence-corrected chi connectivity index (χ1v) is 9.08. The number of amides is 1. The second kappa shape index (κ2) is 6.13. The van der Waals surface area contributed by atoms with E-state index in [1.807, 2.05) is 12.1 Å². The van der Waals surface area contributed by atoms with Crippen LogP contribution in [0.2, 0.25) is 0 Å². The number of aromatic amines is 3. The second-order valence-corrected chi connectivity index (χ2v) is 6.88. The van der Waals surface area contributed by atoms with Gasteiger partial charge >= 0.3 is 5.69 Å². The summed E-state index contributed by atoms with van der Waals surface area (Å²) in [5, 5.41) is 5.65. The SMILES string of the molecule is O=C(Nc1nc(-c2c[nH]c3ncccc23)cs1)c1ccc2[nH]c(=O)[nH]c2c1F. The van der Waals surface area contributed by atoms with Crippen molar-refractivity contribution >= 4 is 44.4 Å². The molecule has 0 radical (unpaired) electrons. The standard InChI is InChI=1S/C18H11FN6O2S/c19-13-9(3-4-11-14(13)24-17(27)22-11)16(26)25-18-23-12(7-28-18)10-6-21-15-8(10)2-1-5-20-15/h1-7H,(H,20,21)(H2,22,24,27)(H,23,25,26). The maximum atomic E-state index is 14.6. The number of carbonyl (C=O) groups is 1. The Labute approximate surface area is 159 Å². The number of anilines is 1. The zero-order valence-electron chi connectivity index (χ0n) is 14.0. The topological polar surface area (TPSA) is 119 Å². The summed E-state index contributed by atoms with van der Waals surface area (Å²) in [7, 11) is 0. The molecule has 0 aliphatic carbocycles. The van der Waals surface area contributed by atoms with E-state index in [1.165, 1.54) is 23.5 Å². The van der Waals surface area contributed by atoms with E-state index in [4.69, 9.17) is 0 Å². The molecule has 0 saturated heterocycles. The number of nitrogens with zero attached hydrogens (tertiary/aromatic N) is 2. The minimum absolute atomic E-state index is 0.0382. The largest absolute Gasteiger partial charge is 0.345 e. The van der Waals surface area contributed by atoms with Crippen LogP contribution in [0.15, 0.2) is 46.8 Å². The van der Waals surface area contributed by atoms with Crippen LogP contribution in [0.4, 0.5) is 9.52 Å². The van der Waals surface area contributed by atoms with Gasteiger partial charge in [-0.05, 0) is 24.3 Å². The Hall–Kier alpha value is -3.79. The van der Waals surface area contributed by atoms with Crippen LogP contribution in [0, 0.1) is 5.82 Å². The number of imidazole rings is 1. The third-order valence-electron chi connectivity index (χ3n) is 4.33. The number of carbonyl (C=O) groups excluding carboxylic acids is 1. The van der Waals surface area contributed by atoms with Crippen molar-refractivity contribution < 1.29 is 9.18 Å². The summed E-state index contributed by atoms with van der Waals surface area (Å²) in [6, 6.07) is 6.54. The van der Waals surface area contributed by atoms with Gasteiger partial charge in [-0.2, -0.15) is 0 Å². The van der Waals surface area contributed by atoms with E-state index in [0.29, 0.717) is 16.3 Å². The number of fused-ring (bicyclic) bond motifs is 2. The number of benzene rings is 1. The van der Waals surface area contributed by atoms with Crippen molar-refractivity contribution in [1.29, 1.82) is 0 Å². The molecule has 8 nitrogen and oxygen atoms in total. The summed E-state index contributed by atoms with van der Waals surface area (Å²) < 4.78 is 14.6. The van der Waals surface area contributed by atoms with Crippen LogP contribution in [0.3, 0.4) is 0 Å². The molecule has 5 rings (SSSR count). The smallest absolute Gasteiger partial charge is 0.323 e. The van der Waals surface area contributed by atoms with Crippen molar-refractivity contribution in [2.75, 3.05) is 5.32 Å². The van der Waals surface area contributed by atoms with Gasteiger partial charge in [0.05, 0.1) is 16.8 Å². The summed E-state index contributed by atoms with van der Waals surface area (Å²) in [5.41, 5.74) is 1.81. The molecule has 0 unspecified atom stereocenters. The Bertz CT molecular complexity index is 1410. The highest BCUT2D eigenvalue weighted by atomic mass is 32.1. The van der Waals surface area contributed by atoms with Crippen molar-refractivity contribution in [2.45, 2.75) is 0 Å². The van der Waals surface area contributed by atoms with Gasteiger partial charge in [-0.1, -0.05) is 0 Å². The molecule has 138 valence electrons. The zero-order valence-corrected chi connectivity index (χ0v) is 14.9. The van der Waals surface area contributed by atoms with Gasteiger partial charge in [-0.3, -0.25) is 10.1 Å². The molecule has 4 N–H and O–H groups in total. The third kappa shape index (κ3) is 2.58. The number of aromatic nitrogens is 5. The maximum Gasteiger partial charge on any atom is 0.323 e. The van der Waals surface area contributed by atoms with E-state index in [1.54, 1.807) is 17.8 Å². The van der Waals surface area contributed by atoms with Crippen molar-refractivity contribution in [3.63, 3.8) is 0 Å². The van der Waals surface area contributed by atoms with E-state index in [-0.39, 0.29) is 11.1 Å². The molecule has 0 spiro atoms. The molecule has 5 aromatic rings. The summed E-state index contributed by atoms with van der Waals surface area (Å²) in [5.74, 6) is -1.45. The van der Waals surface area contributed by atoms with E-state index >= 15 is 0 Å². The Kier molecular flexibility index (Phi) is 3.59. The van der Waals surface area contributed by atoms with Gasteiger partial charge in [0.25, 0.3) is 5.91 Å². The van der Waals surface area contributed by atoms with Gasteiger partial charge in [0.15, 0.2) is 10.9 Å². The van der Waals surface area contributed by atoms with E-state index in [9.17, 15) is 14.0 Å². The van der Waals surface area contributed by atoms with Gasteiger partial charge in [0.2, 0.25) is 0 Å². The minimum Gasteiger partial charge on any atom is -0.345 e. The molecule has 0 saturated carbocycles. The number of H-pyrrole nitrogens is 3. The molecular weight excluding hydrogens is 383 g/mol. The number of hydrogen-bond donors (Lipinski definition) is 4. The van der Waals surface area contributed by atoms with E-state index < -0.39 is 17.4 Å². The lowest BCUT2D eigenvalue weighted by atomic mass is 10.1. The number of halogens is 1. The minimum atomic E-state index is -0.798. The van der Waals surface area contributed by atoms with Gasteiger partial charge in [-0.25, -0.2) is 19.2 Å². The molecule has 0 fully saturated rings. The van der Waals surface area contributed by atoms with Crippen molar-refractivity contribution in [3.05, 3.63) is 63.9 Å². The van der Waals surface area contributed by atoms with Crippen LogP contribution < -0.4 is 11.0 Å². The Morgan fingerprint density at radius 2 is 2.11 bits per heavy atom. The predicted molar refractivity (Wildman–Crippen MR) is 104 cm³/mol. The highest BCUT2D eigenvalue weighted by Crippen LogP contribution is 2.30. The fourth-order valence-electron chi connectivity index (χ4n) is 3.03. The molecule has 0 aliphatic heterocycles. The first-order chi connectivity index (χ1) is 13.6. The molecule has 28 heavy (non-hydrogen) atoms. The Morgan fingerprint density at radius 3 is 3.00 bits per heavy atom.